The summed E-state index contributed by atoms with van der Waals surface area (Å²) in [6.45, 7) is 14.6. The van der Waals surface area contributed by atoms with E-state index >= 15 is 0 Å². The van der Waals surface area contributed by atoms with Gasteiger partial charge in [0.05, 0.1) is 52.1 Å². The van der Waals surface area contributed by atoms with Crippen molar-refractivity contribution in [1.29, 1.82) is 5.26 Å². The van der Waals surface area contributed by atoms with Crippen LogP contribution in [0.1, 0.15) is 85.8 Å². The van der Waals surface area contributed by atoms with Crippen LogP contribution in [-0.4, -0.2) is 56.4 Å². The zero-order valence-corrected chi connectivity index (χ0v) is 37.3. The molecule has 1 aliphatic heterocycles. The first-order chi connectivity index (χ1) is 29.4. The van der Waals surface area contributed by atoms with E-state index in [9.17, 15) is 10.1 Å². The molecule has 12 heteroatoms. The highest BCUT2D eigenvalue weighted by atomic mass is 31.2. The lowest BCUT2D eigenvalue weighted by Crippen LogP contribution is -2.39. The maximum Gasteiger partial charge on any atom is 0.336 e. The number of aryl methyl sites for hydroxylation is 3. The molecule has 2 aromatic heterocycles. The fraction of sp³-hybridized carbons (Fsp3) is 0.388. The number of hydrogen-bond donors (Lipinski definition) is 0. The van der Waals surface area contributed by atoms with Crippen LogP contribution >= 0.6 is 8.53 Å². The van der Waals surface area contributed by atoms with E-state index < -0.39 is 38.1 Å². The summed E-state index contributed by atoms with van der Waals surface area (Å²) in [6, 6.07) is 32.0. The highest BCUT2D eigenvalue weighted by molar-refractivity contribution is 7.44. The zero-order valence-electron chi connectivity index (χ0n) is 36.4. The van der Waals surface area contributed by atoms with Gasteiger partial charge in [-0.2, -0.15) is 5.26 Å². The molecule has 0 amide bonds. The third-order valence-electron chi connectivity index (χ3n) is 11.4. The maximum atomic E-state index is 12.4. The number of rotatable bonds is 17. The molecule has 0 saturated carbocycles. The number of benzene rings is 4. The second-order valence-corrected chi connectivity index (χ2v) is 17.4. The van der Waals surface area contributed by atoms with E-state index in [1.54, 1.807) is 14.2 Å². The predicted octanol–water partition coefficient (Wildman–Crippen LogP) is 11.0. The van der Waals surface area contributed by atoms with E-state index in [4.69, 9.17) is 36.8 Å². The molecule has 0 spiro atoms. The molecule has 1 fully saturated rings. The Bertz CT molecular complexity index is 2470. The second-order valence-electron chi connectivity index (χ2n) is 16.0. The summed E-state index contributed by atoms with van der Waals surface area (Å²) in [7, 11) is 1.67. The molecule has 4 atom stereocenters. The summed E-state index contributed by atoms with van der Waals surface area (Å²) < 4.78 is 53.8. The number of nitriles is 1. The quantitative estimate of drug-likeness (QED) is 0.0377. The van der Waals surface area contributed by atoms with Crippen LogP contribution in [-0.2, 0) is 24.1 Å². The van der Waals surface area contributed by atoms with Gasteiger partial charge in [-0.15, -0.1) is 0 Å². The minimum Gasteiger partial charge on any atom is -0.497 e. The van der Waals surface area contributed by atoms with Crippen molar-refractivity contribution in [3.63, 3.8) is 0 Å². The summed E-state index contributed by atoms with van der Waals surface area (Å²) in [6.07, 6.45) is -0.829. The molecule has 4 aromatic carbocycles. The molecule has 61 heavy (non-hydrogen) atoms. The maximum absolute atomic E-state index is 12.4. The van der Waals surface area contributed by atoms with Gasteiger partial charge in [-0.25, -0.2) is 9.46 Å². The average molecular weight is 847 g/mol. The van der Waals surface area contributed by atoms with E-state index in [1.165, 1.54) is 6.07 Å². The van der Waals surface area contributed by atoms with Crippen LogP contribution in [0.25, 0.3) is 21.9 Å². The Morgan fingerprint density at radius 3 is 1.98 bits per heavy atom. The minimum atomic E-state index is -1.64. The van der Waals surface area contributed by atoms with Gasteiger partial charge in [-0.1, -0.05) is 54.6 Å². The van der Waals surface area contributed by atoms with Crippen molar-refractivity contribution in [1.82, 2.24) is 4.67 Å². The molecule has 7 rings (SSSR count). The van der Waals surface area contributed by atoms with Gasteiger partial charge in [0.1, 0.15) is 40.1 Å². The minimum absolute atomic E-state index is 0.0940. The molecule has 3 heterocycles. The Kier molecular flexibility index (Phi) is 13.7. The topological polar surface area (TPSA) is 126 Å². The Balaban J connectivity index is 1.35. The van der Waals surface area contributed by atoms with Gasteiger partial charge in [-0.3, -0.25) is 0 Å². The number of ether oxygens (including phenoxy) is 4. The van der Waals surface area contributed by atoms with Gasteiger partial charge in [-0.05, 0) is 101 Å². The molecule has 0 aliphatic carbocycles. The number of hydrogen-bond acceptors (Lipinski definition) is 11. The normalized spacial score (nSPS) is 17.5. The third-order valence-corrected chi connectivity index (χ3v) is 13.5. The van der Waals surface area contributed by atoms with Crippen molar-refractivity contribution in [2.75, 3.05) is 27.4 Å². The number of furan rings is 1. The average Bonchev–Trinajstić information content (AvgIpc) is 3.81. The molecule has 0 N–H and O–H groups in total. The largest absolute Gasteiger partial charge is 0.497 e. The predicted molar refractivity (Wildman–Crippen MR) is 237 cm³/mol. The van der Waals surface area contributed by atoms with E-state index in [2.05, 4.69) is 50.6 Å². The first kappa shape index (κ1) is 44.0. The van der Waals surface area contributed by atoms with Crippen LogP contribution in [0.3, 0.4) is 0 Å². The summed E-state index contributed by atoms with van der Waals surface area (Å²) in [5.41, 5.74) is 4.83. The van der Waals surface area contributed by atoms with Crippen LogP contribution in [0.2, 0.25) is 0 Å². The Hall–Kier alpha value is -5.05. The van der Waals surface area contributed by atoms with E-state index in [0.29, 0.717) is 23.3 Å². The molecular formula is C49H55N2O9P. The Morgan fingerprint density at radius 2 is 1.41 bits per heavy atom. The van der Waals surface area contributed by atoms with Gasteiger partial charge in [0, 0.05) is 46.5 Å². The number of methoxy groups -OCH3 is 2. The summed E-state index contributed by atoms with van der Waals surface area (Å²) in [5, 5.41) is 11.2. The molecule has 320 valence electrons. The van der Waals surface area contributed by atoms with E-state index in [0.717, 1.165) is 55.7 Å². The van der Waals surface area contributed by atoms with Gasteiger partial charge < -0.3 is 36.8 Å². The van der Waals surface area contributed by atoms with Crippen molar-refractivity contribution >= 4 is 30.5 Å². The summed E-state index contributed by atoms with van der Waals surface area (Å²) in [5.74, 6) is 2.15. The molecule has 1 unspecified atom stereocenters. The first-order valence-corrected chi connectivity index (χ1v) is 21.9. The lowest BCUT2D eigenvalue weighted by atomic mass is 9.80. The van der Waals surface area contributed by atoms with Crippen molar-refractivity contribution in [3.8, 4) is 17.6 Å². The van der Waals surface area contributed by atoms with Crippen LogP contribution in [0.4, 0.5) is 0 Å². The summed E-state index contributed by atoms with van der Waals surface area (Å²) >= 11 is 0. The Labute approximate surface area is 359 Å². The van der Waals surface area contributed by atoms with Gasteiger partial charge in [0.2, 0.25) is 0 Å². The van der Waals surface area contributed by atoms with Crippen molar-refractivity contribution in [3.05, 3.63) is 141 Å². The van der Waals surface area contributed by atoms with Gasteiger partial charge in [0.25, 0.3) is 8.53 Å². The first-order valence-electron chi connectivity index (χ1n) is 20.8. The van der Waals surface area contributed by atoms with Crippen LogP contribution in [0, 0.1) is 32.1 Å². The SMILES string of the molecule is COc1ccc(C(OC[C@H]2O[C@@H](c3c(C)oc4c(C)c5oc(=O)cc(C)c5cc34)C[C@@H]2OP(OCCC#N)N(C(C)C)C(C)C)(c2ccccc2)c2ccc(OC)cc2)cc1. The highest BCUT2D eigenvalue weighted by Crippen LogP contribution is 2.52. The summed E-state index contributed by atoms with van der Waals surface area (Å²) in [4.78, 5) is 12.4. The van der Waals surface area contributed by atoms with Crippen LogP contribution < -0.4 is 15.1 Å². The number of nitrogens with zero attached hydrogens (tertiary/aromatic N) is 2. The van der Waals surface area contributed by atoms with Crippen molar-refractivity contribution in [2.45, 2.75) is 97.3 Å². The van der Waals surface area contributed by atoms with Crippen molar-refractivity contribution in [2.24, 2.45) is 0 Å². The monoisotopic (exact) mass is 846 g/mol. The Morgan fingerprint density at radius 1 is 0.820 bits per heavy atom. The standard InChI is InChI=1S/C49H55N2O9P/c1-30(2)51(31(3)4)61(56-25-13-24-50)60-42-28-43(46-34(7)57-48-33(6)47-40(27-41(46)48)32(5)26-45(52)59-47)58-44(42)29-55-49(35-14-11-10-12-15-35,36-16-20-38(53-8)21-17-36)37-18-22-39(54-9)23-19-37/h10-12,14-23,26-27,30-31,42-44H,13,25,28-29H2,1-9H3/t42-,43+,44+,61?/m0/s1. The van der Waals surface area contributed by atoms with Gasteiger partial charge >= 0.3 is 5.63 Å². The molecule has 0 radical (unpaired) electrons. The molecule has 1 saturated heterocycles. The smallest absolute Gasteiger partial charge is 0.336 e. The molecular weight excluding hydrogens is 792 g/mol. The lowest BCUT2D eigenvalue weighted by Gasteiger charge is -2.39. The molecule has 11 nitrogen and oxygen atoms in total. The molecule has 1 aliphatic rings. The fourth-order valence-electron chi connectivity index (χ4n) is 8.57. The third kappa shape index (κ3) is 8.85. The van der Waals surface area contributed by atoms with Crippen molar-refractivity contribution < 1.29 is 36.8 Å². The molecule has 0 bridgehead atoms. The van der Waals surface area contributed by atoms with Gasteiger partial charge in [0.15, 0.2) is 0 Å². The fourth-order valence-corrected chi connectivity index (χ4v) is 10.3. The van der Waals surface area contributed by atoms with Crippen LogP contribution in [0.5, 0.6) is 11.5 Å². The van der Waals surface area contributed by atoms with E-state index in [-0.39, 0.29) is 31.7 Å². The molecule has 6 aromatic rings. The number of fused-ring (bicyclic) bond motifs is 2. The lowest BCUT2D eigenvalue weighted by molar-refractivity contribution is -0.0806. The zero-order chi connectivity index (χ0) is 43.4. The van der Waals surface area contributed by atoms with E-state index in [1.807, 2.05) is 93.6 Å². The van der Waals surface area contributed by atoms with Crippen LogP contribution in [0.15, 0.2) is 105 Å². The highest BCUT2D eigenvalue weighted by Gasteiger charge is 2.46. The second kappa shape index (κ2) is 18.9.